The van der Waals surface area contributed by atoms with E-state index in [1.807, 2.05) is 31.3 Å². The Labute approximate surface area is 54.4 Å². The van der Waals surface area contributed by atoms with E-state index in [0.29, 0.717) is 0 Å². The number of hydrogen-bond donors (Lipinski definition) is 2. The molecule has 0 aliphatic heterocycles. The summed E-state index contributed by atoms with van der Waals surface area (Å²) in [5, 5.41) is 0. The van der Waals surface area contributed by atoms with Crippen molar-refractivity contribution in [3.63, 3.8) is 0 Å². The third-order valence-corrected chi connectivity index (χ3v) is 1.16. The minimum absolute atomic E-state index is 0.730. The van der Waals surface area contributed by atoms with E-state index in [0.717, 1.165) is 11.4 Å². The molecule has 2 heteroatoms. The zero-order chi connectivity index (χ0) is 6.69. The summed E-state index contributed by atoms with van der Waals surface area (Å²) in [7, 11) is 0. The minimum Gasteiger partial charge on any atom is -0.385 e. The van der Waals surface area contributed by atoms with E-state index in [9.17, 15) is 0 Å². The summed E-state index contributed by atoms with van der Waals surface area (Å²) in [6.45, 7) is 1.96. The molecule has 1 aromatic rings. The predicted molar refractivity (Wildman–Crippen MR) is 39.9 cm³/mol. The normalized spacial score (nSPS) is 10.8. The molecule has 2 nitrogen and oxygen atoms in total. The zero-order valence-electron chi connectivity index (χ0n) is 5.39. The SMILES string of the molecule is C/C=C\c1cc[nH]c1N. The van der Waals surface area contributed by atoms with Gasteiger partial charge in [-0.25, -0.2) is 0 Å². The molecule has 0 aliphatic rings. The van der Waals surface area contributed by atoms with Gasteiger partial charge in [-0.1, -0.05) is 12.2 Å². The van der Waals surface area contributed by atoms with Gasteiger partial charge in [0.1, 0.15) is 5.82 Å². The molecule has 0 fully saturated rings. The molecule has 0 aromatic carbocycles. The number of anilines is 1. The van der Waals surface area contributed by atoms with Crippen LogP contribution in [0.4, 0.5) is 5.82 Å². The van der Waals surface area contributed by atoms with Gasteiger partial charge < -0.3 is 10.7 Å². The maximum atomic E-state index is 5.52. The molecular formula is C7H10N2. The first-order valence-electron chi connectivity index (χ1n) is 2.90. The molecule has 0 saturated carbocycles. The van der Waals surface area contributed by atoms with Crippen LogP contribution in [-0.2, 0) is 0 Å². The van der Waals surface area contributed by atoms with Crippen molar-refractivity contribution >= 4 is 11.9 Å². The Morgan fingerprint density at radius 1 is 1.67 bits per heavy atom. The number of aromatic nitrogens is 1. The van der Waals surface area contributed by atoms with Gasteiger partial charge in [-0.3, -0.25) is 0 Å². The lowest BCUT2D eigenvalue weighted by atomic mass is 10.3. The molecule has 1 rings (SSSR count). The fraction of sp³-hybridized carbons (Fsp3) is 0.143. The van der Waals surface area contributed by atoms with E-state index in [2.05, 4.69) is 4.98 Å². The number of rotatable bonds is 1. The van der Waals surface area contributed by atoms with Gasteiger partial charge in [0, 0.05) is 11.8 Å². The van der Waals surface area contributed by atoms with Gasteiger partial charge in [0.15, 0.2) is 0 Å². The zero-order valence-corrected chi connectivity index (χ0v) is 5.39. The monoisotopic (exact) mass is 122 g/mol. The number of hydrogen-bond acceptors (Lipinski definition) is 1. The van der Waals surface area contributed by atoms with Crippen LogP contribution < -0.4 is 5.73 Å². The topological polar surface area (TPSA) is 41.8 Å². The van der Waals surface area contributed by atoms with Crippen molar-refractivity contribution in [3.05, 3.63) is 23.9 Å². The highest BCUT2D eigenvalue weighted by molar-refractivity contribution is 5.60. The standard InChI is InChI=1S/C7H10N2/c1-2-3-6-4-5-9-7(6)8/h2-5,9H,8H2,1H3/b3-2-. The second-order valence-electron chi connectivity index (χ2n) is 1.85. The second-order valence-corrected chi connectivity index (χ2v) is 1.85. The van der Waals surface area contributed by atoms with E-state index in [1.165, 1.54) is 0 Å². The summed E-state index contributed by atoms with van der Waals surface area (Å²) in [4.78, 5) is 2.88. The smallest absolute Gasteiger partial charge is 0.107 e. The first kappa shape index (κ1) is 5.95. The number of aromatic amines is 1. The van der Waals surface area contributed by atoms with Gasteiger partial charge in [-0.2, -0.15) is 0 Å². The molecule has 0 radical (unpaired) electrons. The average molecular weight is 122 g/mol. The summed E-state index contributed by atoms with van der Waals surface area (Å²) in [5.41, 5.74) is 6.57. The van der Waals surface area contributed by atoms with Crippen LogP contribution in [0.3, 0.4) is 0 Å². The second kappa shape index (κ2) is 2.40. The third kappa shape index (κ3) is 1.13. The summed E-state index contributed by atoms with van der Waals surface area (Å²) < 4.78 is 0. The predicted octanol–water partition coefficient (Wildman–Crippen LogP) is 1.63. The van der Waals surface area contributed by atoms with Gasteiger partial charge in [0.25, 0.3) is 0 Å². The lowest BCUT2D eigenvalue weighted by Gasteiger charge is -1.86. The van der Waals surface area contributed by atoms with Gasteiger partial charge in [-0.15, -0.1) is 0 Å². The first-order chi connectivity index (χ1) is 4.34. The van der Waals surface area contributed by atoms with E-state index in [-0.39, 0.29) is 0 Å². The van der Waals surface area contributed by atoms with E-state index >= 15 is 0 Å². The number of H-pyrrole nitrogens is 1. The Morgan fingerprint density at radius 3 is 2.89 bits per heavy atom. The fourth-order valence-corrected chi connectivity index (χ4v) is 0.719. The molecule has 48 valence electrons. The minimum atomic E-state index is 0.730. The molecular weight excluding hydrogens is 112 g/mol. The number of allylic oxidation sites excluding steroid dienone is 1. The highest BCUT2D eigenvalue weighted by Gasteiger charge is 1.90. The molecule has 0 spiro atoms. The largest absolute Gasteiger partial charge is 0.385 e. The molecule has 0 amide bonds. The van der Waals surface area contributed by atoms with Crippen molar-refractivity contribution in [2.24, 2.45) is 0 Å². The van der Waals surface area contributed by atoms with Crippen molar-refractivity contribution in [1.82, 2.24) is 4.98 Å². The maximum absolute atomic E-state index is 5.52. The summed E-state index contributed by atoms with van der Waals surface area (Å²) in [6, 6.07) is 1.94. The molecule has 0 saturated heterocycles. The summed E-state index contributed by atoms with van der Waals surface area (Å²) in [6.07, 6.45) is 5.75. The molecule has 1 heterocycles. The first-order valence-corrected chi connectivity index (χ1v) is 2.90. The Kier molecular flexibility index (Phi) is 1.58. The molecule has 3 N–H and O–H groups in total. The van der Waals surface area contributed by atoms with E-state index in [1.54, 1.807) is 0 Å². The van der Waals surface area contributed by atoms with Gasteiger partial charge in [0.05, 0.1) is 0 Å². The van der Waals surface area contributed by atoms with Gasteiger partial charge >= 0.3 is 0 Å². The molecule has 0 aliphatic carbocycles. The molecule has 1 aromatic heterocycles. The van der Waals surface area contributed by atoms with Crippen LogP contribution in [0.1, 0.15) is 12.5 Å². The average Bonchev–Trinajstić information content (AvgIpc) is 2.18. The summed E-state index contributed by atoms with van der Waals surface area (Å²) >= 11 is 0. The van der Waals surface area contributed by atoms with E-state index in [4.69, 9.17) is 5.73 Å². The van der Waals surface area contributed by atoms with Crippen molar-refractivity contribution in [2.75, 3.05) is 5.73 Å². The third-order valence-electron chi connectivity index (χ3n) is 1.16. The Morgan fingerprint density at radius 2 is 2.44 bits per heavy atom. The molecule has 9 heavy (non-hydrogen) atoms. The number of nitrogens with one attached hydrogen (secondary N) is 1. The molecule has 0 atom stereocenters. The van der Waals surface area contributed by atoms with Crippen molar-refractivity contribution in [1.29, 1.82) is 0 Å². The van der Waals surface area contributed by atoms with Crippen LogP contribution in [0, 0.1) is 0 Å². The van der Waals surface area contributed by atoms with Crippen LogP contribution in [0.5, 0.6) is 0 Å². The molecule has 0 unspecified atom stereocenters. The van der Waals surface area contributed by atoms with Gasteiger partial charge in [-0.05, 0) is 13.0 Å². The fourth-order valence-electron chi connectivity index (χ4n) is 0.719. The van der Waals surface area contributed by atoms with E-state index < -0.39 is 0 Å². The number of nitrogens with two attached hydrogens (primary N) is 1. The Hall–Kier alpha value is -1.18. The summed E-state index contributed by atoms with van der Waals surface area (Å²) in [5.74, 6) is 0.730. The Balaban J connectivity index is 2.94. The van der Waals surface area contributed by atoms with Crippen LogP contribution in [0.2, 0.25) is 0 Å². The van der Waals surface area contributed by atoms with Crippen molar-refractivity contribution in [2.45, 2.75) is 6.92 Å². The van der Waals surface area contributed by atoms with Crippen LogP contribution in [0.15, 0.2) is 18.3 Å². The number of nitrogen functional groups attached to an aromatic ring is 1. The van der Waals surface area contributed by atoms with Crippen LogP contribution in [0.25, 0.3) is 6.08 Å². The van der Waals surface area contributed by atoms with Crippen molar-refractivity contribution in [3.8, 4) is 0 Å². The van der Waals surface area contributed by atoms with Crippen LogP contribution >= 0.6 is 0 Å². The Bertz CT molecular complexity index is 210. The van der Waals surface area contributed by atoms with Crippen LogP contribution in [-0.4, -0.2) is 4.98 Å². The quantitative estimate of drug-likeness (QED) is 0.584. The highest BCUT2D eigenvalue weighted by Crippen LogP contribution is 2.09. The lowest BCUT2D eigenvalue weighted by Crippen LogP contribution is -1.84. The van der Waals surface area contributed by atoms with Gasteiger partial charge in [0.2, 0.25) is 0 Å². The van der Waals surface area contributed by atoms with Crippen molar-refractivity contribution < 1.29 is 0 Å². The highest BCUT2D eigenvalue weighted by atomic mass is 14.8. The molecule has 0 bridgehead atoms. The lowest BCUT2D eigenvalue weighted by molar-refractivity contribution is 1.41. The maximum Gasteiger partial charge on any atom is 0.107 e.